The van der Waals surface area contributed by atoms with Gasteiger partial charge in [0, 0.05) is 18.2 Å². The molecule has 1 aromatic heterocycles. The third-order valence-corrected chi connectivity index (χ3v) is 6.61. The number of urea groups is 1. The number of aromatic nitrogens is 1. The molecule has 1 aliphatic heterocycles. The van der Waals surface area contributed by atoms with E-state index in [2.05, 4.69) is 21.6 Å². The van der Waals surface area contributed by atoms with Crippen molar-refractivity contribution in [3.63, 3.8) is 0 Å². The van der Waals surface area contributed by atoms with Gasteiger partial charge < -0.3 is 5.32 Å². The summed E-state index contributed by atoms with van der Waals surface area (Å²) < 4.78 is 1.20. The largest absolute Gasteiger partial charge is 0.325 e. The number of thiazole rings is 1. The predicted molar refractivity (Wildman–Crippen MR) is 121 cm³/mol. The minimum atomic E-state index is -0.494. The lowest BCUT2D eigenvalue weighted by molar-refractivity contribution is -0.121. The Morgan fingerprint density at radius 3 is 2.83 bits per heavy atom. The minimum Gasteiger partial charge on any atom is -0.307 e. The molecule has 3 amide bonds. The van der Waals surface area contributed by atoms with Crippen molar-refractivity contribution in [1.29, 1.82) is 0 Å². The first-order valence-electron chi connectivity index (χ1n) is 10.2. The van der Waals surface area contributed by atoms with Gasteiger partial charge in [-0.05, 0) is 57.0 Å². The Morgan fingerprint density at radius 1 is 1.20 bits per heavy atom. The van der Waals surface area contributed by atoms with Crippen LogP contribution < -0.4 is 10.6 Å². The van der Waals surface area contributed by atoms with Crippen LogP contribution in [0.2, 0.25) is 0 Å². The van der Waals surface area contributed by atoms with Crippen molar-refractivity contribution in [2.75, 3.05) is 25.0 Å². The van der Waals surface area contributed by atoms with Gasteiger partial charge in [-0.2, -0.15) is 0 Å². The number of para-hydroxylation sites is 1. The zero-order valence-corrected chi connectivity index (χ0v) is 18.1. The van der Waals surface area contributed by atoms with Crippen molar-refractivity contribution >= 4 is 39.2 Å². The van der Waals surface area contributed by atoms with Crippen molar-refractivity contribution in [2.45, 2.75) is 32.6 Å². The Labute approximate surface area is 180 Å². The topological polar surface area (TPSA) is 74.3 Å². The molecule has 1 fully saturated rings. The summed E-state index contributed by atoms with van der Waals surface area (Å²) >= 11 is 1.74. The lowest BCUT2D eigenvalue weighted by Gasteiger charge is -2.31. The number of imide groups is 1. The number of piperidine rings is 1. The molecule has 2 heterocycles. The highest BCUT2D eigenvalue weighted by atomic mass is 32.1. The van der Waals surface area contributed by atoms with Gasteiger partial charge >= 0.3 is 6.03 Å². The molecule has 3 aromatic rings. The molecule has 1 aliphatic rings. The first kappa shape index (κ1) is 20.5. The molecular formula is C23H26N4O2S. The highest BCUT2D eigenvalue weighted by molar-refractivity contribution is 7.18. The summed E-state index contributed by atoms with van der Waals surface area (Å²) in [6.07, 6.45) is 2.09. The Morgan fingerprint density at radius 2 is 2.03 bits per heavy atom. The number of rotatable bonds is 4. The van der Waals surface area contributed by atoms with Gasteiger partial charge in [-0.25, -0.2) is 9.78 Å². The first-order chi connectivity index (χ1) is 14.5. The standard InChI is InChI=1S/C23H26N4O2S/c1-15-9-10-18(16(2)12-15)25-23(29)26-21(28)14-27-11-5-6-17(13-27)22-24-19-7-3-4-8-20(19)30-22/h3-4,7-10,12,17H,5-6,11,13-14H2,1-2H3,(H2,25,26,28,29)/t17-/m0/s1. The van der Waals surface area contributed by atoms with Gasteiger partial charge in [0.05, 0.1) is 21.8 Å². The fraction of sp³-hybridized carbons (Fsp3) is 0.348. The lowest BCUT2D eigenvalue weighted by Crippen LogP contribution is -2.44. The third kappa shape index (κ3) is 4.86. The Kier molecular flexibility index (Phi) is 6.11. The summed E-state index contributed by atoms with van der Waals surface area (Å²) in [5.74, 6) is 0.0372. The van der Waals surface area contributed by atoms with Crippen LogP contribution in [0, 0.1) is 13.8 Å². The summed E-state index contributed by atoms with van der Waals surface area (Å²) in [5, 5.41) is 6.34. The Hall–Kier alpha value is -2.77. The van der Waals surface area contributed by atoms with Gasteiger partial charge in [0.2, 0.25) is 5.91 Å². The van der Waals surface area contributed by atoms with Crippen molar-refractivity contribution in [3.8, 4) is 0 Å². The molecule has 0 saturated carbocycles. The van der Waals surface area contributed by atoms with Crippen LogP contribution in [0.5, 0.6) is 0 Å². The maximum Gasteiger partial charge on any atom is 0.325 e. The molecule has 0 bridgehead atoms. The van der Waals surface area contributed by atoms with E-state index < -0.39 is 6.03 Å². The Bertz CT molecular complexity index is 1050. The predicted octanol–water partition coefficient (Wildman–Crippen LogP) is 4.44. The zero-order valence-electron chi connectivity index (χ0n) is 17.3. The molecule has 156 valence electrons. The van der Waals surface area contributed by atoms with Crippen LogP contribution in [0.3, 0.4) is 0 Å². The van der Waals surface area contributed by atoms with Crippen LogP contribution >= 0.6 is 11.3 Å². The second kappa shape index (κ2) is 8.93. The number of anilines is 1. The molecule has 0 unspecified atom stereocenters. The summed E-state index contributed by atoms with van der Waals surface area (Å²) in [4.78, 5) is 31.5. The second-order valence-corrected chi connectivity index (χ2v) is 8.98. The average Bonchev–Trinajstić information content (AvgIpc) is 3.14. The molecule has 2 aromatic carbocycles. The van der Waals surface area contributed by atoms with Crippen molar-refractivity contribution in [1.82, 2.24) is 15.2 Å². The Balaban J connectivity index is 1.32. The van der Waals surface area contributed by atoms with E-state index in [4.69, 9.17) is 4.98 Å². The summed E-state index contributed by atoms with van der Waals surface area (Å²) in [7, 11) is 0. The molecule has 4 rings (SSSR count). The van der Waals surface area contributed by atoms with Gasteiger partial charge in [0.15, 0.2) is 0 Å². The van der Waals surface area contributed by atoms with Crippen molar-refractivity contribution < 1.29 is 9.59 Å². The lowest BCUT2D eigenvalue weighted by atomic mass is 9.99. The summed E-state index contributed by atoms with van der Waals surface area (Å²) in [6, 6.07) is 13.5. The average molecular weight is 423 g/mol. The zero-order chi connectivity index (χ0) is 21.1. The molecule has 1 saturated heterocycles. The van der Waals surface area contributed by atoms with Crippen molar-refractivity contribution in [3.05, 3.63) is 58.6 Å². The summed E-state index contributed by atoms with van der Waals surface area (Å²) in [5.41, 5.74) is 3.84. The van der Waals surface area contributed by atoms with Crippen LogP contribution in [-0.4, -0.2) is 41.5 Å². The number of carbonyl (C=O) groups excluding carboxylic acids is 2. The second-order valence-electron chi connectivity index (χ2n) is 7.91. The van der Waals surface area contributed by atoms with Gasteiger partial charge in [0.25, 0.3) is 0 Å². The monoisotopic (exact) mass is 422 g/mol. The third-order valence-electron chi connectivity index (χ3n) is 5.42. The van der Waals surface area contributed by atoms with Crippen LogP contribution in [0.25, 0.3) is 10.2 Å². The molecular weight excluding hydrogens is 396 g/mol. The van der Waals surface area contributed by atoms with Crippen molar-refractivity contribution in [2.24, 2.45) is 0 Å². The van der Waals surface area contributed by atoms with Gasteiger partial charge in [-0.3, -0.25) is 15.0 Å². The normalized spacial score (nSPS) is 17.1. The number of benzene rings is 2. The van der Waals surface area contributed by atoms with E-state index >= 15 is 0 Å². The molecule has 0 radical (unpaired) electrons. The van der Waals surface area contributed by atoms with E-state index in [1.807, 2.05) is 50.2 Å². The number of aryl methyl sites for hydroxylation is 2. The molecule has 7 heteroatoms. The van der Waals surface area contributed by atoms with E-state index in [-0.39, 0.29) is 12.5 Å². The van der Waals surface area contributed by atoms with E-state index in [0.29, 0.717) is 11.6 Å². The van der Waals surface area contributed by atoms with Crippen LogP contribution in [0.15, 0.2) is 42.5 Å². The molecule has 1 atom stereocenters. The number of hydrogen-bond donors (Lipinski definition) is 2. The smallest absolute Gasteiger partial charge is 0.307 e. The first-order valence-corrected chi connectivity index (χ1v) is 11.1. The summed E-state index contributed by atoms with van der Waals surface area (Å²) in [6.45, 7) is 5.78. The van der Waals surface area contributed by atoms with E-state index in [1.165, 1.54) is 4.70 Å². The SMILES string of the molecule is Cc1ccc(NC(=O)NC(=O)CN2CCC[C@H](c3nc4ccccc4s3)C2)c(C)c1. The number of fused-ring (bicyclic) bond motifs is 1. The highest BCUT2D eigenvalue weighted by Gasteiger charge is 2.25. The molecule has 30 heavy (non-hydrogen) atoms. The fourth-order valence-corrected chi connectivity index (χ4v) is 5.04. The maximum absolute atomic E-state index is 12.4. The van der Waals surface area contributed by atoms with Gasteiger partial charge in [-0.15, -0.1) is 11.3 Å². The molecule has 2 N–H and O–H groups in total. The van der Waals surface area contributed by atoms with Gasteiger partial charge in [0.1, 0.15) is 0 Å². The van der Waals surface area contributed by atoms with Crippen LogP contribution in [0.1, 0.15) is 34.9 Å². The number of hydrogen-bond acceptors (Lipinski definition) is 5. The number of amides is 3. The molecule has 0 spiro atoms. The van der Waals surface area contributed by atoms with Crippen LogP contribution in [-0.2, 0) is 4.79 Å². The highest BCUT2D eigenvalue weighted by Crippen LogP contribution is 2.32. The fourth-order valence-electron chi connectivity index (χ4n) is 3.94. The minimum absolute atomic E-state index is 0.210. The van der Waals surface area contributed by atoms with Gasteiger partial charge in [-0.1, -0.05) is 29.8 Å². The van der Waals surface area contributed by atoms with E-state index in [1.54, 1.807) is 11.3 Å². The van der Waals surface area contributed by atoms with Crippen LogP contribution in [0.4, 0.5) is 10.5 Å². The molecule has 6 nitrogen and oxygen atoms in total. The number of nitrogens with one attached hydrogen (secondary N) is 2. The number of carbonyl (C=O) groups is 2. The number of nitrogens with zero attached hydrogens (tertiary/aromatic N) is 2. The molecule has 0 aliphatic carbocycles. The number of likely N-dealkylation sites (tertiary alicyclic amines) is 1. The van der Waals surface area contributed by atoms with E-state index in [0.717, 1.165) is 47.6 Å². The van der Waals surface area contributed by atoms with E-state index in [9.17, 15) is 9.59 Å². The maximum atomic E-state index is 12.4. The quantitative estimate of drug-likeness (QED) is 0.652.